The molecule has 2 N–H and O–H groups in total. The molecule has 1 heterocycles. The van der Waals surface area contributed by atoms with E-state index in [-0.39, 0.29) is 23.0 Å². The van der Waals surface area contributed by atoms with E-state index in [4.69, 9.17) is 14.3 Å². The molecule has 1 atom stereocenters. The van der Waals surface area contributed by atoms with Crippen LogP contribution in [0.3, 0.4) is 0 Å². The van der Waals surface area contributed by atoms with Crippen LogP contribution in [-0.2, 0) is 24.4 Å². The standard InChI is InChI=1S/C19H30N4O7S/c1-5-29-17-7-6-15(13-16(17)20-19(25)23-8-10-28-11-9-23)31(26,27)21-14(2)12-18(24)30-22(3)4/h6-7,13-14,21H,5,8-12H2,1-4H3,(H,20,25). The quantitative estimate of drug-likeness (QED) is 0.526. The van der Waals surface area contributed by atoms with E-state index in [0.29, 0.717) is 38.7 Å². The third-order valence-electron chi connectivity index (χ3n) is 4.21. The smallest absolute Gasteiger partial charge is 0.326 e. The Labute approximate surface area is 182 Å². The van der Waals surface area contributed by atoms with Crippen molar-refractivity contribution >= 4 is 27.7 Å². The number of morpholine rings is 1. The molecule has 0 radical (unpaired) electrons. The minimum absolute atomic E-state index is 0.0685. The monoisotopic (exact) mass is 458 g/mol. The van der Waals surface area contributed by atoms with Crippen molar-refractivity contribution in [3.05, 3.63) is 18.2 Å². The lowest BCUT2D eigenvalue weighted by Gasteiger charge is -2.27. The Hall–Kier alpha value is -2.41. The Balaban J connectivity index is 2.16. The Bertz CT molecular complexity index is 870. The number of urea groups is 1. The number of ether oxygens (including phenoxy) is 2. The minimum Gasteiger partial charge on any atom is -0.492 e. The summed E-state index contributed by atoms with van der Waals surface area (Å²) in [6.07, 6.45) is -0.144. The summed E-state index contributed by atoms with van der Waals surface area (Å²) in [6, 6.07) is 3.12. The fourth-order valence-electron chi connectivity index (χ4n) is 2.88. The summed E-state index contributed by atoms with van der Waals surface area (Å²) in [5, 5.41) is 3.95. The molecular formula is C19H30N4O7S. The zero-order valence-electron chi connectivity index (χ0n) is 18.2. The SMILES string of the molecule is CCOc1ccc(S(=O)(=O)NC(C)CC(=O)ON(C)C)cc1NC(=O)N1CCOCC1. The molecular weight excluding hydrogens is 428 g/mol. The van der Waals surface area contributed by atoms with Crippen molar-refractivity contribution < 1.29 is 32.3 Å². The summed E-state index contributed by atoms with van der Waals surface area (Å²) >= 11 is 0. The Morgan fingerprint density at radius 2 is 1.94 bits per heavy atom. The van der Waals surface area contributed by atoms with Crippen LogP contribution in [0.2, 0.25) is 0 Å². The lowest BCUT2D eigenvalue weighted by Crippen LogP contribution is -2.43. The zero-order chi connectivity index (χ0) is 23.0. The Kier molecular flexibility index (Phi) is 9.04. The molecule has 0 aliphatic carbocycles. The topological polar surface area (TPSA) is 127 Å². The first-order valence-corrected chi connectivity index (χ1v) is 11.4. The molecule has 174 valence electrons. The van der Waals surface area contributed by atoms with E-state index < -0.39 is 22.0 Å². The van der Waals surface area contributed by atoms with Crippen LogP contribution in [0.4, 0.5) is 10.5 Å². The van der Waals surface area contributed by atoms with Gasteiger partial charge in [-0.15, -0.1) is 5.06 Å². The van der Waals surface area contributed by atoms with Crippen molar-refractivity contribution in [3.63, 3.8) is 0 Å². The van der Waals surface area contributed by atoms with Gasteiger partial charge >= 0.3 is 12.0 Å². The fraction of sp³-hybridized carbons (Fsp3) is 0.579. The number of hydrogen-bond acceptors (Lipinski definition) is 8. The van der Waals surface area contributed by atoms with Gasteiger partial charge in [0.05, 0.1) is 36.8 Å². The van der Waals surface area contributed by atoms with Crippen LogP contribution in [0, 0.1) is 0 Å². The number of amides is 2. The number of hydroxylamine groups is 2. The highest BCUT2D eigenvalue weighted by molar-refractivity contribution is 7.89. The molecule has 1 aliphatic rings. The molecule has 31 heavy (non-hydrogen) atoms. The van der Waals surface area contributed by atoms with Crippen LogP contribution in [0.25, 0.3) is 0 Å². The molecule has 2 amide bonds. The number of carbonyl (C=O) groups is 2. The predicted octanol–water partition coefficient (Wildman–Crippen LogP) is 1.03. The first kappa shape index (κ1) is 24.9. The lowest BCUT2D eigenvalue weighted by molar-refractivity contribution is -0.178. The lowest BCUT2D eigenvalue weighted by atomic mass is 10.3. The van der Waals surface area contributed by atoms with Gasteiger partial charge < -0.3 is 24.5 Å². The van der Waals surface area contributed by atoms with Gasteiger partial charge in [-0.3, -0.25) is 4.79 Å². The number of rotatable bonds is 9. The van der Waals surface area contributed by atoms with Crippen LogP contribution in [0.5, 0.6) is 5.75 Å². The number of carbonyl (C=O) groups excluding carboxylic acids is 2. The van der Waals surface area contributed by atoms with Crippen LogP contribution in [0.1, 0.15) is 20.3 Å². The number of sulfonamides is 1. The van der Waals surface area contributed by atoms with Crippen molar-refractivity contribution in [3.8, 4) is 5.75 Å². The first-order valence-electron chi connectivity index (χ1n) is 9.93. The number of anilines is 1. The molecule has 0 spiro atoms. The summed E-state index contributed by atoms with van der Waals surface area (Å²) < 4.78 is 38.8. The number of benzene rings is 1. The Morgan fingerprint density at radius 3 is 2.55 bits per heavy atom. The summed E-state index contributed by atoms with van der Waals surface area (Å²) in [7, 11) is -0.850. The molecule has 2 rings (SSSR count). The summed E-state index contributed by atoms with van der Waals surface area (Å²) in [5.41, 5.74) is 0.237. The van der Waals surface area contributed by atoms with Gasteiger partial charge in [-0.25, -0.2) is 17.9 Å². The van der Waals surface area contributed by atoms with Crippen molar-refractivity contribution in [1.82, 2.24) is 14.7 Å². The van der Waals surface area contributed by atoms with Crippen molar-refractivity contribution in [1.29, 1.82) is 0 Å². The van der Waals surface area contributed by atoms with E-state index in [1.54, 1.807) is 32.8 Å². The molecule has 0 bridgehead atoms. The van der Waals surface area contributed by atoms with Crippen LogP contribution >= 0.6 is 0 Å². The van der Waals surface area contributed by atoms with Crippen molar-refractivity contribution in [2.45, 2.75) is 31.2 Å². The van der Waals surface area contributed by atoms with E-state index in [9.17, 15) is 18.0 Å². The molecule has 0 saturated carbocycles. The van der Waals surface area contributed by atoms with E-state index >= 15 is 0 Å². The molecule has 1 aromatic rings. The second kappa shape index (κ2) is 11.3. The fourth-order valence-corrected chi connectivity index (χ4v) is 4.15. The first-order chi connectivity index (χ1) is 14.6. The normalized spacial score (nSPS) is 15.5. The molecule has 1 fully saturated rings. The maximum atomic E-state index is 12.8. The van der Waals surface area contributed by atoms with Gasteiger partial charge in [0.25, 0.3) is 0 Å². The number of hydrogen-bond donors (Lipinski definition) is 2. The van der Waals surface area contributed by atoms with Gasteiger partial charge in [-0.2, -0.15) is 0 Å². The molecule has 1 aromatic carbocycles. The molecule has 0 aromatic heterocycles. The van der Waals surface area contributed by atoms with Crippen LogP contribution < -0.4 is 14.8 Å². The highest BCUT2D eigenvalue weighted by Gasteiger charge is 2.23. The molecule has 12 heteroatoms. The zero-order valence-corrected chi connectivity index (χ0v) is 19.0. The third-order valence-corrected chi connectivity index (χ3v) is 5.80. The van der Waals surface area contributed by atoms with E-state index in [1.165, 1.54) is 23.3 Å². The maximum Gasteiger partial charge on any atom is 0.326 e. The van der Waals surface area contributed by atoms with E-state index in [1.807, 2.05) is 0 Å². The van der Waals surface area contributed by atoms with Crippen molar-refractivity contribution in [2.75, 3.05) is 52.3 Å². The van der Waals surface area contributed by atoms with Crippen LogP contribution in [0.15, 0.2) is 23.1 Å². The Morgan fingerprint density at radius 1 is 1.26 bits per heavy atom. The second-order valence-electron chi connectivity index (χ2n) is 7.12. The largest absolute Gasteiger partial charge is 0.492 e. The van der Waals surface area contributed by atoms with E-state index in [0.717, 1.165) is 0 Å². The molecule has 1 aliphatic heterocycles. The van der Waals surface area contributed by atoms with Crippen molar-refractivity contribution in [2.24, 2.45) is 0 Å². The van der Waals surface area contributed by atoms with E-state index in [2.05, 4.69) is 10.0 Å². The van der Waals surface area contributed by atoms with Gasteiger partial charge in [0.15, 0.2) is 0 Å². The number of nitrogens with one attached hydrogen (secondary N) is 2. The molecule has 1 saturated heterocycles. The summed E-state index contributed by atoms with van der Waals surface area (Å²) in [5.74, 6) is -0.212. The van der Waals surface area contributed by atoms with Crippen LogP contribution in [-0.4, -0.2) is 83.4 Å². The van der Waals surface area contributed by atoms with Gasteiger partial charge in [-0.1, -0.05) is 0 Å². The summed E-state index contributed by atoms with van der Waals surface area (Å²) in [4.78, 5) is 30.7. The third kappa shape index (κ3) is 7.65. The molecule has 11 nitrogen and oxygen atoms in total. The van der Waals surface area contributed by atoms with Gasteiger partial charge in [0.2, 0.25) is 10.0 Å². The predicted molar refractivity (Wildman–Crippen MR) is 113 cm³/mol. The maximum absolute atomic E-state index is 12.8. The average Bonchev–Trinajstić information content (AvgIpc) is 2.68. The summed E-state index contributed by atoms with van der Waals surface area (Å²) in [6.45, 7) is 5.45. The highest BCUT2D eigenvalue weighted by atomic mass is 32.2. The second-order valence-corrected chi connectivity index (χ2v) is 8.84. The van der Waals surface area contributed by atoms with Gasteiger partial charge in [0, 0.05) is 33.2 Å². The highest BCUT2D eigenvalue weighted by Crippen LogP contribution is 2.28. The number of nitrogens with zero attached hydrogens (tertiary/aromatic N) is 2. The van der Waals surface area contributed by atoms with Gasteiger partial charge in [0.1, 0.15) is 5.75 Å². The molecule has 1 unspecified atom stereocenters. The average molecular weight is 459 g/mol. The van der Waals surface area contributed by atoms with Gasteiger partial charge in [-0.05, 0) is 32.0 Å². The minimum atomic E-state index is -3.96.